The van der Waals surface area contributed by atoms with E-state index in [4.69, 9.17) is 9.47 Å². The van der Waals surface area contributed by atoms with Crippen molar-refractivity contribution >= 4 is 17.8 Å². The van der Waals surface area contributed by atoms with E-state index in [0.29, 0.717) is 29.6 Å². The molecule has 0 aromatic heterocycles. The summed E-state index contributed by atoms with van der Waals surface area (Å²) < 4.78 is 11.4. The minimum absolute atomic E-state index is 0.199. The number of hydrogen-bond acceptors (Lipinski definition) is 5. The predicted molar refractivity (Wildman–Crippen MR) is 117 cm³/mol. The monoisotopic (exact) mass is 437 g/mol. The lowest BCUT2D eigenvalue weighted by molar-refractivity contribution is -0.134. The molecule has 4 amide bonds. The van der Waals surface area contributed by atoms with Crippen molar-refractivity contribution in [2.24, 2.45) is 0 Å². The van der Waals surface area contributed by atoms with Crippen molar-refractivity contribution in [2.45, 2.75) is 38.3 Å². The third-order valence-electron chi connectivity index (χ3n) is 5.83. The number of rotatable bonds is 6. The standard InChI is InChI=1S/C24H27N3O5/c1-15(2)16-8-10-17(11-9-16)24(3)22(29)27(23(30)26-24)13-21(28)25-12-18-14-31-19-6-4-5-7-20(19)32-18/h4-11,15,18H,12-14H2,1-3H3,(H,25,28)(H,26,30)/t18-,24-/m1/s1. The van der Waals surface area contributed by atoms with Gasteiger partial charge < -0.3 is 20.1 Å². The van der Waals surface area contributed by atoms with Gasteiger partial charge in [0, 0.05) is 0 Å². The molecule has 2 atom stereocenters. The van der Waals surface area contributed by atoms with E-state index < -0.39 is 23.4 Å². The lowest BCUT2D eigenvalue weighted by Crippen LogP contribution is -2.46. The van der Waals surface area contributed by atoms with E-state index in [2.05, 4.69) is 24.5 Å². The Bertz CT molecular complexity index is 1040. The van der Waals surface area contributed by atoms with Crippen LogP contribution in [0.15, 0.2) is 48.5 Å². The van der Waals surface area contributed by atoms with Gasteiger partial charge in [-0.05, 0) is 36.1 Å². The Morgan fingerprint density at radius 2 is 1.84 bits per heavy atom. The molecule has 168 valence electrons. The van der Waals surface area contributed by atoms with Gasteiger partial charge in [0.1, 0.15) is 24.8 Å². The molecular formula is C24H27N3O5. The fraction of sp³-hybridized carbons (Fsp3) is 0.375. The fourth-order valence-electron chi connectivity index (χ4n) is 3.83. The maximum absolute atomic E-state index is 13.1. The van der Waals surface area contributed by atoms with Crippen LogP contribution in [0.4, 0.5) is 4.79 Å². The van der Waals surface area contributed by atoms with E-state index in [1.165, 1.54) is 0 Å². The number of urea groups is 1. The van der Waals surface area contributed by atoms with E-state index in [-0.39, 0.29) is 19.2 Å². The third kappa shape index (κ3) is 4.12. The molecule has 0 unspecified atom stereocenters. The highest BCUT2D eigenvalue weighted by atomic mass is 16.6. The largest absolute Gasteiger partial charge is 0.486 e. The number of benzene rings is 2. The van der Waals surface area contributed by atoms with Crippen LogP contribution in [-0.2, 0) is 15.1 Å². The van der Waals surface area contributed by atoms with Crippen molar-refractivity contribution in [1.82, 2.24) is 15.5 Å². The molecule has 0 radical (unpaired) electrons. The van der Waals surface area contributed by atoms with Gasteiger partial charge in [-0.25, -0.2) is 4.79 Å². The SMILES string of the molecule is CC(C)c1ccc([C@@]2(C)NC(=O)N(CC(=O)NC[C@@H]3COc4ccccc4O3)C2=O)cc1. The number of amides is 4. The van der Waals surface area contributed by atoms with Crippen LogP contribution in [0.5, 0.6) is 11.5 Å². The Morgan fingerprint density at radius 3 is 2.53 bits per heavy atom. The maximum atomic E-state index is 13.1. The maximum Gasteiger partial charge on any atom is 0.325 e. The van der Waals surface area contributed by atoms with Crippen LogP contribution in [0.1, 0.15) is 37.8 Å². The highest BCUT2D eigenvalue weighted by Crippen LogP contribution is 2.31. The number of carbonyl (C=O) groups excluding carboxylic acids is 3. The Balaban J connectivity index is 1.35. The number of ether oxygens (including phenoxy) is 2. The summed E-state index contributed by atoms with van der Waals surface area (Å²) in [5.74, 6) is 0.732. The number of fused-ring (bicyclic) bond motifs is 1. The van der Waals surface area contributed by atoms with Gasteiger partial charge in [-0.2, -0.15) is 0 Å². The van der Waals surface area contributed by atoms with E-state index in [9.17, 15) is 14.4 Å². The summed E-state index contributed by atoms with van der Waals surface area (Å²) in [7, 11) is 0. The number of nitrogens with zero attached hydrogens (tertiary/aromatic N) is 1. The molecule has 0 saturated carbocycles. The number of nitrogens with one attached hydrogen (secondary N) is 2. The first-order valence-corrected chi connectivity index (χ1v) is 10.7. The lowest BCUT2D eigenvalue weighted by Gasteiger charge is -2.26. The van der Waals surface area contributed by atoms with Crippen LogP contribution in [0.2, 0.25) is 0 Å². The molecule has 2 heterocycles. The summed E-state index contributed by atoms with van der Waals surface area (Å²) in [4.78, 5) is 39.0. The molecule has 1 fully saturated rings. The van der Waals surface area contributed by atoms with Crippen LogP contribution in [0.3, 0.4) is 0 Å². The molecule has 0 spiro atoms. The molecule has 2 N–H and O–H groups in total. The summed E-state index contributed by atoms with van der Waals surface area (Å²) in [6.07, 6.45) is -0.360. The highest BCUT2D eigenvalue weighted by Gasteiger charge is 2.49. The van der Waals surface area contributed by atoms with Crippen LogP contribution < -0.4 is 20.1 Å². The molecule has 8 heteroatoms. The van der Waals surface area contributed by atoms with E-state index in [0.717, 1.165) is 10.5 Å². The molecule has 0 aliphatic carbocycles. The van der Waals surface area contributed by atoms with Gasteiger partial charge in [0.2, 0.25) is 5.91 Å². The minimum atomic E-state index is -1.21. The van der Waals surface area contributed by atoms with Crippen molar-refractivity contribution in [3.63, 3.8) is 0 Å². The Kier molecular flexibility index (Phi) is 5.78. The predicted octanol–water partition coefficient (Wildman–Crippen LogP) is 2.53. The van der Waals surface area contributed by atoms with E-state index >= 15 is 0 Å². The molecular weight excluding hydrogens is 410 g/mol. The highest BCUT2D eigenvalue weighted by molar-refractivity contribution is 6.09. The van der Waals surface area contributed by atoms with Crippen molar-refractivity contribution < 1.29 is 23.9 Å². The van der Waals surface area contributed by atoms with Crippen molar-refractivity contribution in [3.05, 3.63) is 59.7 Å². The second-order valence-corrected chi connectivity index (χ2v) is 8.52. The fourth-order valence-corrected chi connectivity index (χ4v) is 3.83. The first-order chi connectivity index (χ1) is 15.3. The quantitative estimate of drug-likeness (QED) is 0.677. The Morgan fingerprint density at radius 1 is 1.16 bits per heavy atom. The van der Waals surface area contributed by atoms with Gasteiger partial charge in [0.05, 0.1) is 6.54 Å². The average molecular weight is 437 g/mol. The van der Waals surface area contributed by atoms with E-state index in [1.807, 2.05) is 42.5 Å². The van der Waals surface area contributed by atoms with Gasteiger partial charge in [-0.1, -0.05) is 50.2 Å². The van der Waals surface area contributed by atoms with Crippen molar-refractivity contribution in [3.8, 4) is 11.5 Å². The van der Waals surface area contributed by atoms with Crippen molar-refractivity contribution in [1.29, 1.82) is 0 Å². The average Bonchev–Trinajstić information content (AvgIpc) is 3.01. The molecule has 8 nitrogen and oxygen atoms in total. The van der Waals surface area contributed by atoms with Gasteiger partial charge in [0.15, 0.2) is 11.5 Å². The zero-order chi connectivity index (χ0) is 22.9. The Hall–Kier alpha value is -3.55. The summed E-state index contributed by atoms with van der Waals surface area (Å²) in [6, 6.07) is 14.3. The second-order valence-electron chi connectivity index (χ2n) is 8.52. The lowest BCUT2D eigenvalue weighted by atomic mass is 9.90. The number of hydrogen-bond donors (Lipinski definition) is 2. The number of para-hydroxylation sites is 2. The summed E-state index contributed by atoms with van der Waals surface area (Å²) in [6.45, 7) is 5.95. The topological polar surface area (TPSA) is 97.0 Å². The third-order valence-corrected chi connectivity index (χ3v) is 5.83. The molecule has 2 aliphatic heterocycles. The normalized spacial score (nSPS) is 22.1. The molecule has 1 saturated heterocycles. The molecule has 2 aromatic rings. The minimum Gasteiger partial charge on any atom is -0.486 e. The molecule has 2 aromatic carbocycles. The molecule has 4 rings (SSSR count). The molecule has 2 aliphatic rings. The Labute approximate surface area is 186 Å². The first kappa shape index (κ1) is 21.7. The smallest absolute Gasteiger partial charge is 0.325 e. The van der Waals surface area contributed by atoms with Crippen LogP contribution in [-0.4, -0.2) is 48.5 Å². The second kappa shape index (κ2) is 8.53. The molecule has 32 heavy (non-hydrogen) atoms. The van der Waals surface area contributed by atoms with Gasteiger partial charge >= 0.3 is 6.03 Å². The van der Waals surface area contributed by atoms with Gasteiger partial charge in [-0.3, -0.25) is 14.5 Å². The van der Waals surface area contributed by atoms with Gasteiger partial charge in [-0.15, -0.1) is 0 Å². The number of carbonyl (C=O) groups is 3. The number of imide groups is 1. The summed E-state index contributed by atoms with van der Waals surface area (Å²) in [5.41, 5.74) is 0.605. The van der Waals surface area contributed by atoms with Crippen LogP contribution in [0.25, 0.3) is 0 Å². The van der Waals surface area contributed by atoms with Crippen LogP contribution in [0, 0.1) is 0 Å². The zero-order valence-corrected chi connectivity index (χ0v) is 18.4. The summed E-state index contributed by atoms with van der Waals surface area (Å²) >= 11 is 0. The van der Waals surface area contributed by atoms with E-state index in [1.54, 1.807) is 13.0 Å². The van der Waals surface area contributed by atoms with Crippen LogP contribution >= 0.6 is 0 Å². The molecule has 0 bridgehead atoms. The van der Waals surface area contributed by atoms with Crippen molar-refractivity contribution in [2.75, 3.05) is 19.7 Å². The van der Waals surface area contributed by atoms with Gasteiger partial charge in [0.25, 0.3) is 5.91 Å². The first-order valence-electron chi connectivity index (χ1n) is 10.7. The summed E-state index contributed by atoms with van der Waals surface area (Å²) in [5, 5.41) is 5.45. The zero-order valence-electron chi connectivity index (χ0n) is 18.4.